The van der Waals surface area contributed by atoms with Gasteiger partial charge in [0.15, 0.2) is 0 Å². The zero-order valence-electron chi connectivity index (χ0n) is 15.9. The standard InChI is InChI=1S/C19H26N4O4/c1-3-9-22-17(24)18(25)23(19(22)26)14-20-10-12-21(13-11-20)15-7-5-6-8-16(15)27-4-2/h5-8H,3-4,9-14H2,1-2H3. The molecule has 0 radical (unpaired) electrons. The fourth-order valence-electron chi connectivity index (χ4n) is 3.42. The number of ether oxygens (including phenoxy) is 1. The van der Waals surface area contributed by atoms with Crippen LogP contribution in [0.3, 0.4) is 0 Å². The second kappa shape index (κ2) is 8.39. The van der Waals surface area contributed by atoms with E-state index >= 15 is 0 Å². The molecule has 0 aromatic heterocycles. The van der Waals surface area contributed by atoms with E-state index in [0.717, 1.165) is 34.3 Å². The van der Waals surface area contributed by atoms with Crippen molar-refractivity contribution in [2.75, 3.05) is 50.9 Å². The summed E-state index contributed by atoms with van der Waals surface area (Å²) in [6, 6.07) is 7.43. The lowest BCUT2D eigenvalue weighted by molar-refractivity contribution is -0.144. The summed E-state index contributed by atoms with van der Waals surface area (Å²) in [5.41, 5.74) is 1.05. The summed E-state index contributed by atoms with van der Waals surface area (Å²) >= 11 is 0. The largest absolute Gasteiger partial charge is 0.492 e. The SMILES string of the molecule is CCCN1C(=O)C(=O)N(CN2CCN(c3ccccc3OCC)CC2)C1=O. The number of rotatable bonds is 7. The molecule has 2 fully saturated rings. The zero-order valence-corrected chi connectivity index (χ0v) is 15.9. The summed E-state index contributed by atoms with van der Waals surface area (Å²) in [7, 11) is 0. The minimum atomic E-state index is -0.724. The van der Waals surface area contributed by atoms with Gasteiger partial charge in [0.2, 0.25) is 0 Å². The van der Waals surface area contributed by atoms with Crippen molar-refractivity contribution in [3.05, 3.63) is 24.3 Å². The molecular weight excluding hydrogens is 348 g/mol. The molecule has 2 heterocycles. The number of carbonyl (C=O) groups is 3. The lowest BCUT2D eigenvalue weighted by Crippen LogP contribution is -2.51. The number of nitrogens with zero attached hydrogens (tertiary/aromatic N) is 4. The molecule has 8 heteroatoms. The highest BCUT2D eigenvalue weighted by atomic mass is 16.5. The van der Waals surface area contributed by atoms with Crippen molar-refractivity contribution in [2.45, 2.75) is 20.3 Å². The summed E-state index contributed by atoms with van der Waals surface area (Å²) in [5, 5.41) is 0. The quantitative estimate of drug-likeness (QED) is 0.530. The van der Waals surface area contributed by atoms with Crippen LogP contribution in [0.4, 0.5) is 10.5 Å². The van der Waals surface area contributed by atoms with E-state index in [9.17, 15) is 14.4 Å². The van der Waals surface area contributed by atoms with Crippen LogP contribution < -0.4 is 9.64 Å². The van der Waals surface area contributed by atoms with Gasteiger partial charge in [-0.05, 0) is 25.5 Å². The number of amides is 4. The van der Waals surface area contributed by atoms with E-state index in [1.54, 1.807) is 0 Å². The maximum atomic E-state index is 12.3. The molecule has 146 valence electrons. The van der Waals surface area contributed by atoms with Crippen LogP contribution in [0, 0.1) is 0 Å². The van der Waals surface area contributed by atoms with E-state index in [-0.39, 0.29) is 13.2 Å². The minimum Gasteiger partial charge on any atom is -0.492 e. The van der Waals surface area contributed by atoms with Gasteiger partial charge in [-0.1, -0.05) is 19.1 Å². The van der Waals surface area contributed by atoms with E-state index in [1.807, 2.05) is 43.0 Å². The van der Waals surface area contributed by atoms with Gasteiger partial charge in [-0.15, -0.1) is 0 Å². The average Bonchev–Trinajstić information content (AvgIpc) is 2.88. The third kappa shape index (κ3) is 3.90. The van der Waals surface area contributed by atoms with Gasteiger partial charge in [0.1, 0.15) is 5.75 Å². The first-order chi connectivity index (χ1) is 13.1. The Morgan fingerprint density at radius 3 is 2.26 bits per heavy atom. The van der Waals surface area contributed by atoms with E-state index in [0.29, 0.717) is 26.1 Å². The monoisotopic (exact) mass is 374 g/mol. The van der Waals surface area contributed by atoms with Gasteiger partial charge in [-0.2, -0.15) is 0 Å². The fourth-order valence-corrected chi connectivity index (χ4v) is 3.42. The van der Waals surface area contributed by atoms with Crippen molar-refractivity contribution >= 4 is 23.5 Å². The first kappa shape index (κ1) is 19.2. The molecule has 27 heavy (non-hydrogen) atoms. The summed E-state index contributed by atoms with van der Waals surface area (Å²) in [6.45, 7) is 7.78. The van der Waals surface area contributed by atoms with Crippen LogP contribution in [0.1, 0.15) is 20.3 Å². The molecule has 3 rings (SSSR count). The van der Waals surface area contributed by atoms with Crippen molar-refractivity contribution in [3.63, 3.8) is 0 Å². The molecule has 2 aliphatic rings. The van der Waals surface area contributed by atoms with Gasteiger partial charge >= 0.3 is 17.8 Å². The van der Waals surface area contributed by atoms with E-state index in [4.69, 9.17) is 4.74 Å². The Hall–Kier alpha value is -2.61. The second-order valence-electron chi connectivity index (χ2n) is 6.62. The Morgan fingerprint density at radius 2 is 1.59 bits per heavy atom. The van der Waals surface area contributed by atoms with Gasteiger partial charge in [-0.3, -0.25) is 19.4 Å². The molecule has 1 aromatic rings. The number of hydrogen-bond acceptors (Lipinski definition) is 6. The van der Waals surface area contributed by atoms with Crippen LogP contribution in [0.25, 0.3) is 0 Å². The number of urea groups is 1. The van der Waals surface area contributed by atoms with Gasteiger partial charge in [-0.25, -0.2) is 9.69 Å². The van der Waals surface area contributed by atoms with Gasteiger partial charge < -0.3 is 9.64 Å². The molecular formula is C19H26N4O4. The number of carbonyl (C=O) groups excluding carboxylic acids is 3. The highest BCUT2D eigenvalue weighted by molar-refractivity contribution is 6.44. The first-order valence-electron chi connectivity index (χ1n) is 9.43. The third-order valence-electron chi connectivity index (χ3n) is 4.80. The summed E-state index contributed by atoms with van der Waals surface area (Å²) in [5.74, 6) is -0.581. The Morgan fingerprint density at radius 1 is 0.926 bits per heavy atom. The summed E-state index contributed by atoms with van der Waals surface area (Å²) < 4.78 is 5.70. The van der Waals surface area contributed by atoms with Crippen molar-refractivity contribution in [2.24, 2.45) is 0 Å². The Kier molecular flexibility index (Phi) is 5.95. The lowest BCUT2D eigenvalue weighted by Gasteiger charge is -2.37. The average molecular weight is 374 g/mol. The summed E-state index contributed by atoms with van der Waals surface area (Å²) in [4.78, 5) is 42.8. The maximum absolute atomic E-state index is 12.3. The van der Waals surface area contributed by atoms with Gasteiger partial charge in [0.05, 0.1) is 19.0 Å². The molecule has 0 spiro atoms. The zero-order chi connectivity index (χ0) is 19.4. The Labute approximate surface area is 159 Å². The van der Waals surface area contributed by atoms with Crippen LogP contribution in [-0.4, -0.2) is 78.5 Å². The number of para-hydroxylation sites is 2. The first-order valence-corrected chi connectivity index (χ1v) is 9.43. The van der Waals surface area contributed by atoms with Crippen molar-refractivity contribution in [3.8, 4) is 5.75 Å². The molecule has 0 N–H and O–H groups in total. The predicted molar refractivity (Wildman–Crippen MR) is 101 cm³/mol. The molecule has 0 unspecified atom stereocenters. The molecule has 4 amide bonds. The minimum absolute atomic E-state index is 0.157. The third-order valence-corrected chi connectivity index (χ3v) is 4.80. The smallest absolute Gasteiger partial charge is 0.335 e. The number of anilines is 1. The van der Waals surface area contributed by atoms with Crippen LogP contribution in [0.15, 0.2) is 24.3 Å². The van der Waals surface area contributed by atoms with E-state index in [1.165, 1.54) is 0 Å². The van der Waals surface area contributed by atoms with Crippen LogP contribution in [0.5, 0.6) is 5.75 Å². The molecule has 0 aliphatic carbocycles. The Balaban J connectivity index is 1.60. The predicted octanol–water partition coefficient (Wildman–Crippen LogP) is 1.37. The molecule has 0 atom stereocenters. The normalized spacial score (nSPS) is 18.6. The van der Waals surface area contributed by atoms with Crippen molar-refractivity contribution in [1.29, 1.82) is 0 Å². The maximum Gasteiger partial charge on any atom is 0.335 e. The number of benzene rings is 1. The number of hydrogen-bond donors (Lipinski definition) is 0. The molecule has 2 saturated heterocycles. The number of piperazine rings is 1. The van der Waals surface area contributed by atoms with Crippen molar-refractivity contribution < 1.29 is 19.1 Å². The summed E-state index contributed by atoms with van der Waals surface area (Å²) in [6.07, 6.45) is 0.635. The van der Waals surface area contributed by atoms with Gasteiger partial charge in [0, 0.05) is 32.7 Å². The fraction of sp³-hybridized carbons (Fsp3) is 0.526. The van der Waals surface area contributed by atoms with Crippen LogP contribution in [-0.2, 0) is 9.59 Å². The second-order valence-corrected chi connectivity index (χ2v) is 6.62. The van der Waals surface area contributed by atoms with Crippen LogP contribution >= 0.6 is 0 Å². The Bertz CT molecular complexity index is 715. The highest BCUT2D eigenvalue weighted by Crippen LogP contribution is 2.29. The highest BCUT2D eigenvalue weighted by Gasteiger charge is 2.44. The van der Waals surface area contributed by atoms with E-state index in [2.05, 4.69) is 4.90 Å². The topological polar surface area (TPSA) is 73.4 Å². The molecule has 2 aliphatic heterocycles. The number of imide groups is 2. The van der Waals surface area contributed by atoms with Crippen LogP contribution in [0.2, 0.25) is 0 Å². The van der Waals surface area contributed by atoms with Gasteiger partial charge in [0.25, 0.3) is 0 Å². The molecule has 1 aromatic carbocycles. The van der Waals surface area contributed by atoms with E-state index < -0.39 is 17.8 Å². The molecule has 0 bridgehead atoms. The molecule has 8 nitrogen and oxygen atoms in total. The lowest BCUT2D eigenvalue weighted by atomic mass is 10.2. The van der Waals surface area contributed by atoms with Crippen molar-refractivity contribution in [1.82, 2.24) is 14.7 Å². The molecule has 0 saturated carbocycles.